The second-order valence-corrected chi connectivity index (χ2v) is 5.79. The van der Waals surface area contributed by atoms with Crippen molar-refractivity contribution in [1.29, 1.82) is 0 Å². The molecular formula is C15H23BrN2O3. The largest absolute Gasteiger partial charge is 0.503 e. The van der Waals surface area contributed by atoms with E-state index in [-0.39, 0.29) is 17.7 Å². The first-order chi connectivity index (χ1) is 9.97. The summed E-state index contributed by atoms with van der Waals surface area (Å²) in [4.78, 5) is 11.6. The van der Waals surface area contributed by atoms with E-state index < -0.39 is 0 Å². The molecule has 0 saturated carbocycles. The Morgan fingerprint density at radius 3 is 2.81 bits per heavy atom. The maximum Gasteiger partial charge on any atom is 0.221 e. The molecule has 1 rings (SSSR count). The van der Waals surface area contributed by atoms with Crippen molar-refractivity contribution in [2.24, 2.45) is 0 Å². The van der Waals surface area contributed by atoms with Gasteiger partial charge in [0.2, 0.25) is 5.91 Å². The van der Waals surface area contributed by atoms with Gasteiger partial charge in [-0.3, -0.25) is 4.79 Å². The molecule has 5 nitrogen and oxygen atoms in total. The van der Waals surface area contributed by atoms with Crippen LogP contribution in [0, 0.1) is 0 Å². The van der Waals surface area contributed by atoms with Crippen molar-refractivity contribution in [1.82, 2.24) is 10.6 Å². The summed E-state index contributed by atoms with van der Waals surface area (Å²) < 4.78 is 5.69. The third-order valence-electron chi connectivity index (χ3n) is 3.19. The van der Waals surface area contributed by atoms with E-state index >= 15 is 0 Å². The lowest BCUT2D eigenvalue weighted by Gasteiger charge is -2.12. The Hall–Kier alpha value is -1.27. The van der Waals surface area contributed by atoms with Crippen molar-refractivity contribution >= 4 is 21.8 Å². The molecule has 1 amide bonds. The highest BCUT2D eigenvalue weighted by atomic mass is 79.9. The van der Waals surface area contributed by atoms with E-state index in [1.807, 2.05) is 19.9 Å². The third kappa shape index (κ3) is 5.93. The van der Waals surface area contributed by atoms with Gasteiger partial charge in [0, 0.05) is 25.6 Å². The minimum atomic E-state index is 0.0568. The van der Waals surface area contributed by atoms with Crippen LogP contribution in [0.25, 0.3) is 0 Å². The van der Waals surface area contributed by atoms with Gasteiger partial charge in [0.25, 0.3) is 0 Å². The molecule has 0 fully saturated rings. The number of phenolic OH excluding ortho intramolecular Hbond substituents is 1. The fourth-order valence-corrected chi connectivity index (χ4v) is 2.26. The normalized spacial score (nSPS) is 12.0. The van der Waals surface area contributed by atoms with E-state index in [4.69, 9.17) is 4.74 Å². The summed E-state index contributed by atoms with van der Waals surface area (Å²) in [5.41, 5.74) is 0.971. The number of rotatable bonds is 8. The molecule has 0 heterocycles. The average molecular weight is 359 g/mol. The van der Waals surface area contributed by atoms with E-state index in [9.17, 15) is 9.90 Å². The minimum absolute atomic E-state index is 0.0568. The van der Waals surface area contributed by atoms with Gasteiger partial charge in [0.15, 0.2) is 11.5 Å². The number of benzene rings is 1. The van der Waals surface area contributed by atoms with Crippen LogP contribution in [-0.4, -0.2) is 30.7 Å². The number of methoxy groups -OCH3 is 1. The van der Waals surface area contributed by atoms with Gasteiger partial charge in [0.1, 0.15) is 0 Å². The summed E-state index contributed by atoms with van der Waals surface area (Å²) in [5.74, 6) is 0.575. The Bertz CT molecular complexity index is 480. The highest BCUT2D eigenvalue weighted by molar-refractivity contribution is 9.10. The van der Waals surface area contributed by atoms with Crippen LogP contribution in [0.2, 0.25) is 0 Å². The number of nitrogens with one attached hydrogen (secondary N) is 2. The van der Waals surface area contributed by atoms with E-state index in [0.717, 1.165) is 12.0 Å². The number of aromatic hydroxyl groups is 1. The zero-order valence-electron chi connectivity index (χ0n) is 12.7. The van der Waals surface area contributed by atoms with E-state index in [1.165, 1.54) is 7.11 Å². The molecule has 21 heavy (non-hydrogen) atoms. The first kappa shape index (κ1) is 17.8. The summed E-state index contributed by atoms with van der Waals surface area (Å²) in [7, 11) is 1.51. The van der Waals surface area contributed by atoms with Crippen LogP contribution in [-0.2, 0) is 11.3 Å². The van der Waals surface area contributed by atoms with Crippen molar-refractivity contribution in [2.45, 2.75) is 39.3 Å². The molecule has 0 saturated heterocycles. The number of carbonyl (C=O) groups excluding carboxylic acids is 1. The number of amides is 1. The minimum Gasteiger partial charge on any atom is -0.503 e. The number of carbonyl (C=O) groups is 1. The number of ether oxygens (including phenoxy) is 1. The molecule has 0 aliphatic heterocycles. The van der Waals surface area contributed by atoms with Gasteiger partial charge >= 0.3 is 0 Å². The molecule has 1 unspecified atom stereocenters. The molecule has 0 radical (unpaired) electrons. The third-order valence-corrected chi connectivity index (χ3v) is 3.79. The Kier molecular flexibility index (Phi) is 7.53. The highest BCUT2D eigenvalue weighted by Gasteiger charge is 2.09. The number of phenols is 1. The topological polar surface area (TPSA) is 70.6 Å². The van der Waals surface area contributed by atoms with Crippen LogP contribution in [0.15, 0.2) is 16.6 Å². The van der Waals surface area contributed by atoms with Gasteiger partial charge in [-0.2, -0.15) is 0 Å². The van der Waals surface area contributed by atoms with E-state index in [2.05, 4.69) is 26.6 Å². The van der Waals surface area contributed by atoms with Crippen LogP contribution < -0.4 is 15.4 Å². The second kappa shape index (κ2) is 8.89. The monoisotopic (exact) mass is 358 g/mol. The van der Waals surface area contributed by atoms with Crippen molar-refractivity contribution < 1.29 is 14.6 Å². The van der Waals surface area contributed by atoms with Crippen LogP contribution in [0.5, 0.6) is 11.5 Å². The van der Waals surface area contributed by atoms with E-state index in [1.54, 1.807) is 6.07 Å². The zero-order chi connectivity index (χ0) is 15.8. The molecule has 0 aromatic heterocycles. The molecule has 3 N–H and O–H groups in total. The maximum absolute atomic E-state index is 11.6. The predicted octanol–water partition coefficient (Wildman–Crippen LogP) is 2.56. The lowest BCUT2D eigenvalue weighted by atomic mass is 10.2. The quantitative estimate of drug-likeness (QED) is 0.624. The Morgan fingerprint density at radius 1 is 1.48 bits per heavy atom. The zero-order valence-corrected chi connectivity index (χ0v) is 14.3. The average Bonchev–Trinajstić information content (AvgIpc) is 2.46. The van der Waals surface area contributed by atoms with Gasteiger partial charge in [-0.1, -0.05) is 6.92 Å². The van der Waals surface area contributed by atoms with Crippen LogP contribution >= 0.6 is 15.9 Å². The highest BCUT2D eigenvalue weighted by Crippen LogP contribution is 2.35. The lowest BCUT2D eigenvalue weighted by Crippen LogP contribution is -2.33. The fourth-order valence-electron chi connectivity index (χ4n) is 1.77. The molecule has 1 aromatic carbocycles. The molecule has 0 bridgehead atoms. The number of hydrogen-bond donors (Lipinski definition) is 3. The number of halogens is 1. The molecule has 0 aliphatic carbocycles. The molecule has 1 atom stereocenters. The van der Waals surface area contributed by atoms with Crippen molar-refractivity contribution in [2.75, 3.05) is 13.7 Å². The second-order valence-electron chi connectivity index (χ2n) is 4.93. The molecule has 0 aliphatic rings. The van der Waals surface area contributed by atoms with Crippen molar-refractivity contribution in [3.63, 3.8) is 0 Å². The first-order valence-electron chi connectivity index (χ1n) is 7.03. The summed E-state index contributed by atoms with van der Waals surface area (Å²) in [5, 5.41) is 15.9. The lowest BCUT2D eigenvalue weighted by molar-refractivity contribution is -0.121. The van der Waals surface area contributed by atoms with Crippen molar-refractivity contribution in [3.8, 4) is 11.5 Å². The molecule has 6 heteroatoms. The molecule has 1 aromatic rings. The smallest absolute Gasteiger partial charge is 0.221 e. The molecular weight excluding hydrogens is 336 g/mol. The Balaban J connectivity index is 2.39. The summed E-state index contributed by atoms with van der Waals surface area (Å²) in [6.45, 7) is 5.24. The number of hydrogen-bond acceptors (Lipinski definition) is 4. The fraction of sp³-hybridized carbons (Fsp3) is 0.533. The van der Waals surface area contributed by atoms with E-state index in [0.29, 0.717) is 29.7 Å². The molecule has 0 spiro atoms. The summed E-state index contributed by atoms with van der Waals surface area (Å²) in [6, 6.07) is 3.81. The van der Waals surface area contributed by atoms with Crippen LogP contribution in [0.3, 0.4) is 0 Å². The SMILES string of the molecule is CCC(C)NC(=O)CCNCc1cc(Br)c(O)c(OC)c1. The Labute approximate surface area is 134 Å². The summed E-state index contributed by atoms with van der Waals surface area (Å²) >= 11 is 3.28. The first-order valence-corrected chi connectivity index (χ1v) is 7.82. The Morgan fingerprint density at radius 2 is 2.19 bits per heavy atom. The summed E-state index contributed by atoms with van der Waals surface area (Å²) in [6.07, 6.45) is 1.38. The predicted molar refractivity (Wildman–Crippen MR) is 86.6 cm³/mol. The van der Waals surface area contributed by atoms with Crippen LogP contribution in [0.1, 0.15) is 32.3 Å². The van der Waals surface area contributed by atoms with Gasteiger partial charge < -0.3 is 20.5 Å². The van der Waals surface area contributed by atoms with Gasteiger partial charge in [-0.15, -0.1) is 0 Å². The van der Waals surface area contributed by atoms with Gasteiger partial charge in [-0.05, 0) is 47.0 Å². The van der Waals surface area contributed by atoms with Gasteiger partial charge in [-0.25, -0.2) is 0 Å². The standard InChI is InChI=1S/C15H23BrN2O3/c1-4-10(2)18-14(19)5-6-17-9-11-7-12(16)15(20)13(8-11)21-3/h7-8,10,17,20H,4-6,9H2,1-3H3,(H,18,19). The molecule has 118 valence electrons. The maximum atomic E-state index is 11.6. The van der Waals surface area contributed by atoms with Crippen LogP contribution in [0.4, 0.5) is 0 Å². The van der Waals surface area contributed by atoms with Crippen molar-refractivity contribution in [3.05, 3.63) is 22.2 Å². The van der Waals surface area contributed by atoms with Gasteiger partial charge in [0.05, 0.1) is 11.6 Å².